The molecule has 3 aromatic rings. The Hall–Kier alpha value is -4.20. The Balaban J connectivity index is 1.30. The predicted molar refractivity (Wildman–Crippen MR) is 140 cm³/mol. The fourth-order valence-corrected chi connectivity index (χ4v) is 5.34. The third-order valence-corrected chi connectivity index (χ3v) is 7.50. The molecule has 36 heavy (non-hydrogen) atoms. The van der Waals surface area contributed by atoms with E-state index in [1.807, 2.05) is 58.3 Å². The Morgan fingerprint density at radius 3 is 2.58 bits per heavy atom. The second kappa shape index (κ2) is 9.45. The van der Waals surface area contributed by atoms with Crippen LogP contribution in [0.15, 0.2) is 60.9 Å². The van der Waals surface area contributed by atoms with Gasteiger partial charge in [-0.3, -0.25) is 14.6 Å². The number of para-hydroxylation sites is 1. The third-order valence-electron chi connectivity index (χ3n) is 7.50. The molecule has 0 aliphatic carbocycles. The second-order valence-electron chi connectivity index (χ2n) is 9.35. The minimum absolute atomic E-state index is 0.0410. The van der Waals surface area contributed by atoms with Gasteiger partial charge in [0.1, 0.15) is 5.75 Å². The van der Waals surface area contributed by atoms with Crippen molar-refractivity contribution in [1.29, 1.82) is 5.41 Å². The molecule has 0 bridgehead atoms. The molecule has 2 amide bonds. The molecule has 2 saturated heterocycles. The SMILES string of the molecule is COc1cc(N2CCC3(CCN(C(=O)c4cnc5ccccc5c4)CC3)C2=O)ccc1/C(C=N)=C/N. The first kappa shape index (κ1) is 23.5. The number of pyridine rings is 1. The van der Waals surface area contributed by atoms with Crippen molar-refractivity contribution in [2.45, 2.75) is 19.3 Å². The molecule has 3 N–H and O–H groups in total. The zero-order chi connectivity index (χ0) is 25.3. The number of nitrogens with two attached hydrogens (primary N) is 1. The maximum atomic E-state index is 13.6. The van der Waals surface area contributed by atoms with Crippen molar-refractivity contribution in [3.05, 3.63) is 72.1 Å². The summed E-state index contributed by atoms with van der Waals surface area (Å²) in [5, 5.41) is 8.50. The zero-order valence-corrected chi connectivity index (χ0v) is 20.2. The van der Waals surface area contributed by atoms with E-state index in [0.29, 0.717) is 54.9 Å². The summed E-state index contributed by atoms with van der Waals surface area (Å²) in [7, 11) is 1.56. The lowest BCUT2D eigenvalue weighted by molar-refractivity contribution is -0.127. The molecule has 184 valence electrons. The summed E-state index contributed by atoms with van der Waals surface area (Å²) in [4.78, 5) is 34.9. The summed E-state index contributed by atoms with van der Waals surface area (Å²) in [6.45, 7) is 1.70. The number of fused-ring (bicyclic) bond motifs is 1. The third kappa shape index (κ3) is 3.98. The van der Waals surface area contributed by atoms with Gasteiger partial charge in [-0.2, -0.15) is 0 Å². The topological polar surface area (TPSA) is 113 Å². The fraction of sp³-hybridized carbons (Fsp3) is 0.286. The highest BCUT2D eigenvalue weighted by molar-refractivity contribution is 6.09. The number of nitrogens with zero attached hydrogens (tertiary/aromatic N) is 3. The second-order valence-corrected chi connectivity index (χ2v) is 9.35. The van der Waals surface area contributed by atoms with E-state index in [1.54, 1.807) is 13.3 Å². The molecule has 0 saturated carbocycles. The van der Waals surface area contributed by atoms with Crippen molar-refractivity contribution < 1.29 is 14.3 Å². The van der Waals surface area contributed by atoms with Gasteiger partial charge in [0.25, 0.3) is 5.91 Å². The fourth-order valence-electron chi connectivity index (χ4n) is 5.34. The molecular formula is C28H29N5O3. The summed E-state index contributed by atoms with van der Waals surface area (Å²) in [6.07, 6.45) is 6.21. The average Bonchev–Trinajstić information content (AvgIpc) is 3.24. The van der Waals surface area contributed by atoms with Gasteiger partial charge in [0, 0.05) is 66.5 Å². The standard InChI is InChI=1S/C28H29N5O3/c1-36-25-15-22(6-7-23(25)21(16-29)17-30)33-13-10-28(27(33)35)8-11-32(12-9-28)26(34)20-14-19-4-2-3-5-24(19)31-18-20/h2-7,14-18,29H,8-13,30H2,1H3/b21-17+,29-16?. The highest BCUT2D eigenvalue weighted by Crippen LogP contribution is 2.44. The lowest BCUT2D eigenvalue weighted by Gasteiger charge is -2.38. The van der Waals surface area contributed by atoms with E-state index >= 15 is 0 Å². The van der Waals surface area contributed by atoms with Crippen LogP contribution in [-0.4, -0.2) is 54.7 Å². The number of allylic oxidation sites excluding steroid dienone is 1. The van der Waals surface area contributed by atoms with E-state index in [1.165, 1.54) is 12.4 Å². The Kier molecular flexibility index (Phi) is 6.18. The van der Waals surface area contributed by atoms with Crippen LogP contribution in [0.3, 0.4) is 0 Å². The quantitative estimate of drug-likeness (QED) is 0.535. The molecule has 1 aromatic heterocycles. The Morgan fingerprint density at radius 2 is 1.86 bits per heavy atom. The summed E-state index contributed by atoms with van der Waals surface area (Å²) < 4.78 is 5.52. The summed E-state index contributed by atoms with van der Waals surface area (Å²) >= 11 is 0. The number of ether oxygens (including phenoxy) is 1. The minimum atomic E-state index is -0.457. The van der Waals surface area contributed by atoms with E-state index in [2.05, 4.69) is 4.98 Å². The molecule has 3 heterocycles. The highest BCUT2D eigenvalue weighted by atomic mass is 16.5. The molecule has 0 atom stereocenters. The van der Waals surface area contributed by atoms with Crippen LogP contribution in [0.1, 0.15) is 35.2 Å². The van der Waals surface area contributed by atoms with Crippen LogP contribution < -0.4 is 15.4 Å². The van der Waals surface area contributed by atoms with E-state index in [9.17, 15) is 9.59 Å². The number of hydrogen-bond donors (Lipinski definition) is 2. The van der Waals surface area contributed by atoms with Gasteiger partial charge in [0.05, 0.1) is 23.6 Å². The van der Waals surface area contributed by atoms with Crippen LogP contribution in [0, 0.1) is 10.8 Å². The van der Waals surface area contributed by atoms with Crippen LogP contribution in [0.5, 0.6) is 5.75 Å². The van der Waals surface area contributed by atoms with Crippen molar-refractivity contribution in [2.75, 3.05) is 31.6 Å². The number of nitrogens with one attached hydrogen (secondary N) is 1. The molecular weight excluding hydrogens is 454 g/mol. The van der Waals surface area contributed by atoms with E-state index in [4.69, 9.17) is 15.9 Å². The van der Waals surface area contributed by atoms with Crippen molar-refractivity contribution in [1.82, 2.24) is 9.88 Å². The number of amides is 2. The summed E-state index contributed by atoms with van der Waals surface area (Å²) in [6, 6.07) is 15.2. The van der Waals surface area contributed by atoms with Gasteiger partial charge in [-0.1, -0.05) is 18.2 Å². The van der Waals surface area contributed by atoms with Gasteiger partial charge in [-0.25, -0.2) is 0 Å². The van der Waals surface area contributed by atoms with Crippen molar-refractivity contribution in [3.63, 3.8) is 0 Å². The van der Waals surface area contributed by atoms with E-state index in [-0.39, 0.29) is 11.8 Å². The summed E-state index contributed by atoms with van der Waals surface area (Å²) in [5.41, 5.74) is 8.64. The van der Waals surface area contributed by atoms with Crippen molar-refractivity contribution >= 4 is 40.2 Å². The van der Waals surface area contributed by atoms with Crippen molar-refractivity contribution in [3.8, 4) is 5.75 Å². The maximum Gasteiger partial charge on any atom is 0.255 e. The molecule has 2 aromatic carbocycles. The van der Waals surface area contributed by atoms with E-state index < -0.39 is 5.41 Å². The maximum absolute atomic E-state index is 13.6. The van der Waals surface area contributed by atoms with Gasteiger partial charge in [0.2, 0.25) is 5.91 Å². The number of benzene rings is 2. The number of aromatic nitrogens is 1. The molecule has 2 aliphatic rings. The molecule has 2 fully saturated rings. The van der Waals surface area contributed by atoms with Gasteiger partial charge >= 0.3 is 0 Å². The van der Waals surface area contributed by atoms with Crippen LogP contribution in [0.4, 0.5) is 5.69 Å². The Morgan fingerprint density at radius 1 is 1.11 bits per heavy atom. The number of likely N-dealkylation sites (tertiary alicyclic amines) is 1. The lowest BCUT2D eigenvalue weighted by Crippen LogP contribution is -2.46. The first-order valence-electron chi connectivity index (χ1n) is 12.1. The lowest BCUT2D eigenvalue weighted by atomic mass is 9.77. The Bertz CT molecular complexity index is 1370. The smallest absolute Gasteiger partial charge is 0.255 e. The number of rotatable bonds is 5. The number of piperidine rings is 1. The number of carbonyl (C=O) groups is 2. The highest BCUT2D eigenvalue weighted by Gasteiger charge is 2.49. The number of hydrogen-bond acceptors (Lipinski definition) is 6. The van der Waals surface area contributed by atoms with Crippen LogP contribution in [0.2, 0.25) is 0 Å². The molecule has 1 spiro atoms. The summed E-state index contributed by atoms with van der Waals surface area (Å²) in [5.74, 6) is 0.616. The molecule has 2 aliphatic heterocycles. The van der Waals surface area contributed by atoms with Gasteiger partial charge in [-0.05, 0) is 43.5 Å². The predicted octanol–water partition coefficient (Wildman–Crippen LogP) is 3.85. The molecule has 5 rings (SSSR count). The molecule has 0 radical (unpaired) electrons. The molecule has 0 unspecified atom stereocenters. The van der Waals surface area contributed by atoms with Gasteiger partial charge < -0.3 is 25.7 Å². The number of anilines is 1. The first-order chi connectivity index (χ1) is 17.5. The Labute approximate surface area is 209 Å². The number of carbonyl (C=O) groups excluding carboxylic acids is 2. The number of methoxy groups -OCH3 is 1. The van der Waals surface area contributed by atoms with Crippen LogP contribution >= 0.6 is 0 Å². The van der Waals surface area contributed by atoms with Gasteiger partial charge in [0.15, 0.2) is 0 Å². The van der Waals surface area contributed by atoms with Crippen molar-refractivity contribution in [2.24, 2.45) is 11.1 Å². The zero-order valence-electron chi connectivity index (χ0n) is 20.2. The van der Waals surface area contributed by atoms with Gasteiger partial charge in [-0.15, -0.1) is 0 Å². The van der Waals surface area contributed by atoms with Crippen LogP contribution in [0.25, 0.3) is 16.5 Å². The minimum Gasteiger partial charge on any atom is -0.496 e. The molecule has 8 nitrogen and oxygen atoms in total. The first-order valence-corrected chi connectivity index (χ1v) is 12.1. The largest absolute Gasteiger partial charge is 0.496 e. The van der Waals surface area contributed by atoms with Crippen LogP contribution in [-0.2, 0) is 4.79 Å². The van der Waals surface area contributed by atoms with E-state index in [0.717, 1.165) is 23.0 Å². The average molecular weight is 484 g/mol. The monoisotopic (exact) mass is 483 g/mol. The normalized spacial score (nSPS) is 17.6. The molecule has 8 heteroatoms.